The number of rotatable bonds is 5. The Morgan fingerprint density at radius 2 is 2.15 bits per heavy atom. The van der Waals surface area contributed by atoms with Crippen molar-refractivity contribution in [2.24, 2.45) is 0 Å². The van der Waals surface area contributed by atoms with Crippen LogP contribution in [-0.2, 0) is 19.7 Å². The molecule has 0 saturated heterocycles. The summed E-state index contributed by atoms with van der Waals surface area (Å²) in [5.74, 6) is -1.45. The van der Waals surface area contributed by atoms with Crippen molar-refractivity contribution in [2.75, 3.05) is 32.1 Å². The number of nitrogens with one attached hydrogen (secondary N) is 1. The monoisotopic (exact) mass is 360 g/mol. The molecule has 2 N–H and O–H groups in total. The highest BCUT2D eigenvalue weighted by molar-refractivity contribution is 6.08. The van der Waals surface area contributed by atoms with Gasteiger partial charge in [0.25, 0.3) is 5.91 Å². The van der Waals surface area contributed by atoms with Crippen LogP contribution >= 0.6 is 0 Å². The number of fused-ring (bicyclic) bond motifs is 1. The highest BCUT2D eigenvalue weighted by atomic mass is 19.1. The Morgan fingerprint density at radius 3 is 2.81 bits per heavy atom. The zero-order valence-electron chi connectivity index (χ0n) is 14.9. The number of benzene rings is 1. The molecule has 3 rings (SSSR count). The predicted octanol–water partition coefficient (Wildman–Crippen LogP) is 1.80. The van der Waals surface area contributed by atoms with Crippen LogP contribution in [0.3, 0.4) is 0 Å². The molecule has 26 heavy (non-hydrogen) atoms. The molecule has 0 saturated carbocycles. The van der Waals surface area contributed by atoms with Gasteiger partial charge in [0.2, 0.25) is 0 Å². The molecule has 7 heteroatoms. The Labute approximate surface area is 150 Å². The number of aliphatic hydroxyl groups is 1. The number of allylic oxidation sites excluding steroid dienone is 1. The molecule has 1 aliphatic carbocycles. The summed E-state index contributed by atoms with van der Waals surface area (Å²) in [7, 11) is 1.23. The average molecular weight is 360 g/mol. The summed E-state index contributed by atoms with van der Waals surface area (Å²) in [4.78, 5) is 25.9. The van der Waals surface area contributed by atoms with Crippen LogP contribution in [0, 0.1) is 5.82 Å². The van der Waals surface area contributed by atoms with Gasteiger partial charge in [0, 0.05) is 23.2 Å². The lowest BCUT2D eigenvalue weighted by molar-refractivity contribution is -0.136. The van der Waals surface area contributed by atoms with Gasteiger partial charge in [-0.25, -0.2) is 9.18 Å². The molecule has 0 fully saturated rings. The molecule has 0 unspecified atom stereocenters. The molecule has 1 aromatic rings. The van der Waals surface area contributed by atoms with E-state index in [0.29, 0.717) is 11.3 Å². The number of aliphatic hydroxyl groups excluding tert-OH is 1. The summed E-state index contributed by atoms with van der Waals surface area (Å²) in [5, 5.41) is 12.0. The molecule has 0 radical (unpaired) electrons. The van der Waals surface area contributed by atoms with Gasteiger partial charge in [0.15, 0.2) is 0 Å². The highest BCUT2D eigenvalue weighted by Gasteiger charge is 2.35. The van der Waals surface area contributed by atoms with Gasteiger partial charge in [-0.15, -0.1) is 0 Å². The number of carbonyl (C=O) groups excluding carboxylic acids is 2. The molecule has 0 aromatic heterocycles. The maximum atomic E-state index is 14.6. The maximum absolute atomic E-state index is 14.6. The van der Waals surface area contributed by atoms with Gasteiger partial charge in [-0.2, -0.15) is 0 Å². The summed E-state index contributed by atoms with van der Waals surface area (Å²) < 4.78 is 19.4. The van der Waals surface area contributed by atoms with E-state index in [-0.39, 0.29) is 36.8 Å². The van der Waals surface area contributed by atoms with Crippen molar-refractivity contribution < 1.29 is 23.8 Å². The lowest BCUT2D eigenvalue weighted by Crippen LogP contribution is -2.31. The standard InChI is InChI=1S/C19H21FN2O4/c1-19(2)5-4-11-8-12(9-14(20)15(11)19)21-16-13(18(25)26-3)10-22(6-7-23)17(16)24/h4-5,8-9,21,23H,6-7,10H2,1-3H3. The summed E-state index contributed by atoms with van der Waals surface area (Å²) in [6.07, 6.45) is 3.76. The first-order chi connectivity index (χ1) is 12.3. The molecule has 0 atom stereocenters. The topological polar surface area (TPSA) is 78.9 Å². The van der Waals surface area contributed by atoms with Crippen molar-refractivity contribution in [2.45, 2.75) is 19.3 Å². The highest BCUT2D eigenvalue weighted by Crippen LogP contribution is 2.39. The largest absolute Gasteiger partial charge is 0.466 e. The van der Waals surface area contributed by atoms with E-state index in [4.69, 9.17) is 9.84 Å². The number of esters is 1. The van der Waals surface area contributed by atoms with Crippen molar-refractivity contribution >= 4 is 23.6 Å². The van der Waals surface area contributed by atoms with Gasteiger partial charge in [-0.3, -0.25) is 4.79 Å². The van der Waals surface area contributed by atoms with Gasteiger partial charge < -0.3 is 20.1 Å². The van der Waals surface area contributed by atoms with Gasteiger partial charge >= 0.3 is 5.97 Å². The number of anilines is 1. The fraction of sp³-hybridized carbons (Fsp3) is 0.368. The van der Waals surface area contributed by atoms with E-state index >= 15 is 0 Å². The molecular weight excluding hydrogens is 339 g/mol. The first-order valence-electron chi connectivity index (χ1n) is 8.30. The quantitative estimate of drug-likeness (QED) is 0.783. The summed E-state index contributed by atoms with van der Waals surface area (Å²) >= 11 is 0. The zero-order chi connectivity index (χ0) is 19.1. The lowest BCUT2D eigenvalue weighted by atomic mass is 9.86. The number of β-amino-alcohol motifs (C(OH)–C–C–N with tert-alkyl or cyclic N) is 1. The number of hydrogen-bond donors (Lipinski definition) is 2. The van der Waals surface area contributed by atoms with E-state index in [0.717, 1.165) is 5.56 Å². The van der Waals surface area contributed by atoms with E-state index in [1.165, 1.54) is 18.1 Å². The third kappa shape index (κ3) is 2.99. The van der Waals surface area contributed by atoms with Crippen LogP contribution < -0.4 is 5.32 Å². The van der Waals surface area contributed by atoms with Crippen molar-refractivity contribution in [3.63, 3.8) is 0 Å². The van der Waals surface area contributed by atoms with Crippen LogP contribution in [0.4, 0.5) is 10.1 Å². The third-order valence-corrected chi connectivity index (χ3v) is 4.67. The Bertz CT molecular complexity index is 842. The van der Waals surface area contributed by atoms with E-state index < -0.39 is 17.3 Å². The Hall–Kier alpha value is -2.67. The Morgan fingerprint density at radius 1 is 1.42 bits per heavy atom. The van der Waals surface area contributed by atoms with Crippen LogP contribution in [0.15, 0.2) is 29.5 Å². The summed E-state index contributed by atoms with van der Waals surface area (Å²) in [6, 6.07) is 3.06. The number of halogens is 1. The second kappa shape index (κ2) is 6.57. The van der Waals surface area contributed by atoms with Crippen LogP contribution in [0.25, 0.3) is 6.08 Å². The minimum Gasteiger partial charge on any atom is -0.466 e. The zero-order valence-corrected chi connectivity index (χ0v) is 14.9. The maximum Gasteiger partial charge on any atom is 0.337 e. The lowest BCUT2D eigenvalue weighted by Gasteiger charge is -2.20. The van der Waals surface area contributed by atoms with Crippen molar-refractivity contribution in [3.05, 3.63) is 46.4 Å². The molecular formula is C19H21FN2O4. The second-order valence-electron chi connectivity index (χ2n) is 6.90. The Kier molecular flexibility index (Phi) is 4.58. The van der Waals surface area contributed by atoms with E-state index in [9.17, 15) is 14.0 Å². The van der Waals surface area contributed by atoms with Gasteiger partial charge in [-0.05, 0) is 17.7 Å². The molecule has 1 aromatic carbocycles. The molecule has 1 aliphatic heterocycles. The molecule has 138 valence electrons. The first kappa shape index (κ1) is 18.1. The summed E-state index contributed by atoms with van der Waals surface area (Å²) in [6.45, 7) is 3.77. The molecule has 1 heterocycles. The van der Waals surface area contributed by atoms with Crippen LogP contribution in [0.5, 0.6) is 0 Å². The molecule has 0 bridgehead atoms. The fourth-order valence-electron chi connectivity index (χ4n) is 3.39. The van der Waals surface area contributed by atoms with Crippen molar-refractivity contribution in [1.29, 1.82) is 0 Å². The van der Waals surface area contributed by atoms with E-state index in [1.54, 1.807) is 6.07 Å². The van der Waals surface area contributed by atoms with Gasteiger partial charge in [0.1, 0.15) is 11.5 Å². The van der Waals surface area contributed by atoms with Crippen LogP contribution in [0.1, 0.15) is 25.0 Å². The second-order valence-corrected chi connectivity index (χ2v) is 6.90. The minimum atomic E-state index is -0.635. The Balaban J connectivity index is 1.96. The van der Waals surface area contributed by atoms with E-state index in [2.05, 4.69) is 5.32 Å². The normalized spacial score (nSPS) is 17.7. The van der Waals surface area contributed by atoms with Crippen LogP contribution in [0.2, 0.25) is 0 Å². The molecule has 1 amide bonds. The van der Waals surface area contributed by atoms with Crippen LogP contribution in [-0.4, -0.2) is 48.7 Å². The number of ether oxygens (including phenoxy) is 1. The first-order valence-corrected chi connectivity index (χ1v) is 8.30. The van der Waals surface area contributed by atoms with Crippen molar-refractivity contribution in [3.8, 4) is 0 Å². The molecule has 2 aliphatic rings. The van der Waals surface area contributed by atoms with E-state index in [1.807, 2.05) is 26.0 Å². The number of methoxy groups -OCH3 is 1. The van der Waals surface area contributed by atoms with Crippen molar-refractivity contribution in [1.82, 2.24) is 4.90 Å². The predicted molar refractivity (Wildman–Crippen MR) is 94.8 cm³/mol. The number of hydrogen-bond acceptors (Lipinski definition) is 5. The smallest absolute Gasteiger partial charge is 0.337 e. The molecule has 0 spiro atoms. The third-order valence-electron chi connectivity index (χ3n) is 4.67. The molecule has 6 nitrogen and oxygen atoms in total. The van der Waals surface area contributed by atoms with Gasteiger partial charge in [-0.1, -0.05) is 26.0 Å². The number of carbonyl (C=O) groups is 2. The van der Waals surface area contributed by atoms with Gasteiger partial charge in [0.05, 0.1) is 25.8 Å². The SMILES string of the molecule is COC(=O)C1=C(Nc2cc(F)c3c(c2)C=CC3(C)C)C(=O)N(CCO)C1. The minimum absolute atomic E-state index is 0.0365. The number of nitrogens with zero attached hydrogens (tertiary/aromatic N) is 1. The fourth-order valence-corrected chi connectivity index (χ4v) is 3.39. The summed E-state index contributed by atoms with van der Waals surface area (Å²) in [5.41, 5.74) is 1.52. The average Bonchev–Trinajstić information content (AvgIpc) is 3.06. The number of amides is 1.